The highest BCUT2D eigenvalue weighted by molar-refractivity contribution is 7.92. The average molecular weight is 638 g/mol. The van der Waals surface area contributed by atoms with E-state index >= 15 is 0 Å². The molecule has 1 aromatic carbocycles. The van der Waals surface area contributed by atoms with Crippen LogP contribution in [-0.4, -0.2) is 59.1 Å². The number of carbonyl (C=O) groups is 1. The van der Waals surface area contributed by atoms with Crippen LogP contribution in [0.25, 0.3) is 56.3 Å². The third-order valence-electron chi connectivity index (χ3n) is 8.92. The largest absolute Gasteiger partial charge is 0.455 e. The molecule has 1 amide bonds. The minimum absolute atomic E-state index is 0.220. The third-order valence-corrected chi connectivity index (χ3v) is 10.1. The van der Waals surface area contributed by atoms with E-state index in [1.807, 2.05) is 24.3 Å². The van der Waals surface area contributed by atoms with Crippen LogP contribution in [-0.2, 0) is 29.4 Å². The fraction of sp³-hybridized carbons (Fsp3) is 0.212. The molecule has 0 unspecified atom stereocenters. The van der Waals surface area contributed by atoms with Crippen LogP contribution in [0.3, 0.4) is 0 Å². The highest BCUT2D eigenvalue weighted by atomic mass is 32.2. The number of aromatic nitrogens is 5. The van der Waals surface area contributed by atoms with E-state index in [0.29, 0.717) is 51.0 Å². The summed E-state index contributed by atoms with van der Waals surface area (Å²) in [4.78, 5) is 18.5. The lowest BCUT2D eigenvalue weighted by atomic mass is 9.98. The highest BCUT2D eigenvalue weighted by Gasteiger charge is 2.30. The molecule has 1 aliphatic carbocycles. The Balaban J connectivity index is 1.38. The first-order valence-corrected chi connectivity index (χ1v) is 16.6. The number of allylic oxidation sites excluding steroid dienone is 1. The molecule has 13 heteroatoms. The van der Waals surface area contributed by atoms with Crippen LogP contribution in [0.2, 0.25) is 0 Å². The number of sulfonamides is 1. The lowest BCUT2D eigenvalue weighted by molar-refractivity contribution is 0.0964. The predicted molar refractivity (Wildman–Crippen MR) is 173 cm³/mol. The summed E-state index contributed by atoms with van der Waals surface area (Å²) < 4.78 is 51.7. The zero-order valence-electron chi connectivity index (χ0n) is 25.2. The Morgan fingerprint density at radius 3 is 2.74 bits per heavy atom. The Hall–Kier alpha value is -5.30. The number of rotatable bonds is 5. The first-order chi connectivity index (χ1) is 22.1. The Morgan fingerprint density at radius 2 is 1.93 bits per heavy atom. The summed E-state index contributed by atoms with van der Waals surface area (Å²) in [7, 11) is -0.714. The molecule has 1 aliphatic heterocycles. The van der Waals surface area contributed by atoms with Crippen LogP contribution in [0.5, 0.6) is 0 Å². The first kappa shape index (κ1) is 28.2. The molecule has 8 rings (SSSR count). The van der Waals surface area contributed by atoms with Crippen LogP contribution in [0.15, 0.2) is 65.4 Å². The van der Waals surface area contributed by atoms with Crippen LogP contribution in [0, 0.1) is 0 Å². The normalized spacial score (nSPS) is 14.1. The van der Waals surface area contributed by atoms with Crippen molar-refractivity contribution in [1.82, 2.24) is 29.7 Å². The van der Waals surface area contributed by atoms with E-state index in [4.69, 9.17) is 9.40 Å². The van der Waals surface area contributed by atoms with Gasteiger partial charge in [0, 0.05) is 55.1 Å². The van der Waals surface area contributed by atoms with Crippen molar-refractivity contribution in [3.05, 3.63) is 83.3 Å². The quantitative estimate of drug-likeness (QED) is 0.274. The summed E-state index contributed by atoms with van der Waals surface area (Å²) >= 11 is 0. The number of aryl methyl sites for hydroxylation is 1. The van der Waals surface area contributed by atoms with Crippen LogP contribution < -0.4 is 9.62 Å². The zero-order chi connectivity index (χ0) is 31.9. The van der Waals surface area contributed by atoms with Gasteiger partial charge in [-0.2, -0.15) is 14.8 Å². The van der Waals surface area contributed by atoms with Crippen molar-refractivity contribution in [1.29, 1.82) is 0 Å². The minimum Gasteiger partial charge on any atom is -0.455 e. The molecule has 0 fully saturated rings. The number of fused-ring (bicyclic) bond motifs is 7. The van der Waals surface area contributed by atoms with Crippen molar-refractivity contribution in [2.45, 2.75) is 25.8 Å². The SMILES string of the molecule is CNC(=O)c1c(-c2cnn3ncccc23)oc2cc(N(C)S(C)(=O)=O)c(-c3ccc4c(n3)-c3cc5c(n3CC4)CCC=C5F)cc12. The van der Waals surface area contributed by atoms with Gasteiger partial charge < -0.3 is 14.3 Å². The average Bonchev–Trinajstić information content (AvgIpc) is 3.76. The topological polar surface area (TPSA) is 128 Å². The molecule has 11 nitrogen and oxygen atoms in total. The van der Waals surface area contributed by atoms with Gasteiger partial charge in [0.05, 0.1) is 51.9 Å². The maximum absolute atomic E-state index is 14.8. The number of halogens is 1. The number of nitrogens with zero attached hydrogens (tertiary/aromatic N) is 6. The lowest BCUT2D eigenvalue weighted by Gasteiger charge is -2.23. The smallest absolute Gasteiger partial charge is 0.255 e. The Labute approximate surface area is 263 Å². The van der Waals surface area contributed by atoms with E-state index in [2.05, 4.69) is 20.1 Å². The highest BCUT2D eigenvalue weighted by Crippen LogP contribution is 2.43. The molecule has 1 N–H and O–H groups in total. The van der Waals surface area contributed by atoms with Crippen molar-refractivity contribution >= 4 is 43.9 Å². The van der Waals surface area contributed by atoms with Gasteiger partial charge >= 0.3 is 0 Å². The summed E-state index contributed by atoms with van der Waals surface area (Å²) in [5.41, 5.74) is 7.23. The number of carbonyl (C=O) groups excluding carboxylic acids is 1. The maximum atomic E-state index is 14.8. The molecule has 0 radical (unpaired) electrons. The van der Waals surface area contributed by atoms with E-state index < -0.39 is 10.0 Å². The zero-order valence-corrected chi connectivity index (χ0v) is 26.0. The summed E-state index contributed by atoms with van der Waals surface area (Å²) in [5.74, 6) is -0.328. The number of anilines is 1. The fourth-order valence-corrected chi connectivity index (χ4v) is 7.09. The molecule has 0 spiro atoms. The second-order valence-corrected chi connectivity index (χ2v) is 13.5. The van der Waals surface area contributed by atoms with Gasteiger partial charge in [0.1, 0.15) is 11.4 Å². The molecular weight excluding hydrogens is 609 g/mol. The van der Waals surface area contributed by atoms with Gasteiger partial charge in [0.2, 0.25) is 10.0 Å². The number of benzene rings is 1. The van der Waals surface area contributed by atoms with E-state index in [-0.39, 0.29) is 23.1 Å². The number of furan rings is 1. The third kappa shape index (κ3) is 4.18. The molecule has 0 saturated carbocycles. The van der Waals surface area contributed by atoms with Gasteiger partial charge in [0.25, 0.3) is 5.91 Å². The lowest BCUT2D eigenvalue weighted by Crippen LogP contribution is -2.25. The maximum Gasteiger partial charge on any atom is 0.255 e. The van der Waals surface area contributed by atoms with E-state index in [1.54, 1.807) is 36.7 Å². The predicted octanol–water partition coefficient (Wildman–Crippen LogP) is 5.24. The second kappa shape index (κ2) is 10.1. The molecule has 2 aliphatic rings. The number of amides is 1. The van der Waals surface area contributed by atoms with Crippen LogP contribution in [0.4, 0.5) is 10.1 Å². The summed E-state index contributed by atoms with van der Waals surface area (Å²) in [6.07, 6.45) is 8.06. The molecule has 6 heterocycles. The number of pyridine rings is 1. The van der Waals surface area contributed by atoms with E-state index in [0.717, 1.165) is 48.3 Å². The molecule has 0 saturated heterocycles. The summed E-state index contributed by atoms with van der Waals surface area (Å²) in [6, 6.07) is 12.7. The van der Waals surface area contributed by atoms with E-state index in [1.165, 1.54) is 23.0 Å². The van der Waals surface area contributed by atoms with Crippen molar-refractivity contribution in [2.24, 2.45) is 0 Å². The van der Waals surface area contributed by atoms with Crippen molar-refractivity contribution in [2.75, 3.05) is 24.7 Å². The molecule has 46 heavy (non-hydrogen) atoms. The van der Waals surface area contributed by atoms with E-state index in [9.17, 15) is 17.6 Å². The van der Waals surface area contributed by atoms with Crippen LogP contribution in [0.1, 0.15) is 33.6 Å². The van der Waals surface area contributed by atoms with Crippen molar-refractivity contribution < 1.29 is 22.0 Å². The molecular formula is C33H28FN7O4S. The van der Waals surface area contributed by atoms with Gasteiger partial charge in [-0.05, 0) is 61.2 Å². The fourth-order valence-electron chi connectivity index (χ4n) is 6.58. The van der Waals surface area contributed by atoms with Gasteiger partial charge in [-0.1, -0.05) is 6.07 Å². The van der Waals surface area contributed by atoms with Crippen molar-refractivity contribution in [3.8, 4) is 34.0 Å². The minimum atomic E-state index is -3.71. The van der Waals surface area contributed by atoms with Gasteiger partial charge in [-0.15, -0.1) is 0 Å². The number of hydrogen-bond acceptors (Lipinski definition) is 7. The molecule has 0 atom stereocenters. The molecule has 5 aromatic heterocycles. The first-order valence-electron chi connectivity index (χ1n) is 14.8. The van der Waals surface area contributed by atoms with Crippen molar-refractivity contribution in [3.63, 3.8) is 0 Å². The van der Waals surface area contributed by atoms with Gasteiger partial charge in [-0.25, -0.2) is 17.8 Å². The van der Waals surface area contributed by atoms with Gasteiger partial charge in [-0.3, -0.25) is 9.10 Å². The summed E-state index contributed by atoms with van der Waals surface area (Å²) in [6.45, 7) is 0.729. The molecule has 232 valence electrons. The van der Waals surface area contributed by atoms with Crippen LogP contribution >= 0.6 is 0 Å². The Bertz CT molecular complexity index is 2400. The number of hydrogen-bond donors (Lipinski definition) is 1. The number of nitrogens with one attached hydrogen (secondary N) is 1. The summed E-state index contributed by atoms with van der Waals surface area (Å²) in [5, 5.41) is 11.7. The Kier molecular flexibility index (Phi) is 6.19. The Morgan fingerprint density at radius 1 is 1.09 bits per heavy atom. The molecule has 6 aromatic rings. The van der Waals surface area contributed by atoms with Gasteiger partial charge in [0.15, 0.2) is 5.76 Å². The monoisotopic (exact) mass is 637 g/mol. The molecule has 0 bridgehead atoms. The standard InChI is InChI=1S/C33H28FN7O4S/c1-35-33(42)30-21-14-20(24-10-9-18-11-13-40-25-7-4-6-23(34)19(25)15-28(40)31(18)38-24)27(39(2)46(3,43)44)16-29(21)45-32(30)22-17-37-41-26(22)8-5-12-36-41/h5-6,8-10,12,14-17H,4,7,11,13H2,1-3H3,(H,35,42). The second-order valence-electron chi connectivity index (χ2n) is 11.5.